The van der Waals surface area contributed by atoms with Gasteiger partial charge in [0.05, 0.1) is 22.3 Å². The number of rotatable bonds is 3. The number of nitrogens with zero attached hydrogens (tertiary/aromatic N) is 1. The molecule has 1 aliphatic carbocycles. The van der Waals surface area contributed by atoms with Gasteiger partial charge in [-0.25, -0.2) is 18.1 Å². The fourth-order valence-corrected chi connectivity index (χ4v) is 3.92. The second-order valence-corrected chi connectivity index (χ2v) is 6.75. The van der Waals surface area contributed by atoms with Crippen LogP contribution < -0.4 is 4.72 Å². The number of benzene rings is 1. The van der Waals surface area contributed by atoms with Crippen LogP contribution in [0, 0.1) is 0 Å². The largest absolute Gasteiger partial charge is 0.345 e. The summed E-state index contributed by atoms with van der Waals surface area (Å²) in [5.74, 6) is 0. The van der Waals surface area contributed by atoms with E-state index in [-0.39, 0.29) is 6.04 Å². The molecule has 1 aromatic heterocycles. The number of nitrogens with one attached hydrogen (secondary N) is 2. The monoisotopic (exact) mass is 279 g/mol. The predicted octanol–water partition coefficient (Wildman–Crippen LogP) is 2.17. The van der Waals surface area contributed by atoms with Crippen LogP contribution in [0.25, 0.3) is 11.0 Å². The molecule has 5 nitrogen and oxygen atoms in total. The minimum absolute atomic E-state index is 0.0798. The summed E-state index contributed by atoms with van der Waals surface area (Å²) >= 11 is 0. The van der Waals surface area contributed by atoms with Crippen LogP contribution in [-0.4, -0.2) is 24.4 Å². The summed E-state index contributed by atoms with van der Waals surface area (Å²) in [6, 6.07) is 5.04. The lowest BCUT2D eigenvalue weighted by atomic mass is 9.96. The number of H-pyrrole nitrogens is 1. The second-order valence-electron chi connectivity index (χ2n) is 5.04. The highest BCUT2D eigenvalue weighted by Gasteiger charge is 2.22. The van der Waals surface area contributed by atoms with Gasteiger partial charge in [-0.2, -0.15) is 0 Å². The minimum Gasteiger partial charge on any atom is -0.345 e. The van der Waals surface area contributed by atoms with Gasteiger partial charge in [-0.3, -0.25) is 0 Å². The van der Waals surface area contributed by atoms with Gasteiger partial charge in [-0.05, 0) is 31.0 Å². The number of fused-ring (bicyclic) bond motifs is 1. The molecule has 0 amide bonds. The summed E-state index contributed by atoms with van der Waals surface area (Å²) in [5.41, 5.74) is 1.52. The molecule has 0 spiro atoms. The molecule has 1 aliphatic rings. The summed E-state index contributed by atoms with van der Waals surface area (Å²) in [4.78, 5) is 7.32. The van der Waals surface area contributed by atoms with Gasteiger partial charge in [0.15, 0.2) is 0 Å². The molecular formula is C13H17N3O2S. The number of sulfonamides is 1. The Balaban J connectivity index is 1.85. The van der Waals surface area contributed by atoms with Gasteiger partial charge in [0, 0.05) is 6.04 Å². The molecule has 1 fully saturated rings. The zero-order valence-corrected chi connectivity index (χ0v) is 11.4. The number of aromatic amines is 1. The van der Waals surface area contributed by atoms with E-state index in [1.165, 1.54) is 6.42 Å². The molecule has 0 aliphatic heterocycles. The summed E-state index contributed by atoms with van der Waals surface area (Å²) in [6.07, 6.45) is 6.85. The van der Waals surface area contributed by atoms with Gasteiger partial charge in [0.2, 0.25) is 10.0 Å². The van der Waals surface area contributed by atoms with Crippen LogP contribution in [-0.2, 0) is 10.0 Å². The fourth-order valence-electron chi connectivity index (χ4n) is 2.59. The van der Waals surface area contributed by atoms with Gasteiger partial charge in [-0.1, -0.05) is 19.3 Å². The van der Waals surface area contributed by atoms with E-state index >= 15 is 0 Å². The van der Waals surface area contributed by atoms with Gasteiger partial charge < -0.3 is 4.98 Å². The Hall–Kier alpha value is -1.40. The highest BCUT2D eigenvalue weighted by Crippen LogP contribution is 2.21. The van der Waals surface area contributed by atoms with Crippen LogP contribution in [0.3, 0.4) is 0 Å². The van der Waals surface area contributed by atoms with E-state index in [9.17, 15) is 8.42 Å². The maximum atomic E-state index is 12.3. The number of hydrogen-bond donors (Lipinski definition) is 2. The molecule has 6 heteroatoms. The van der Waals surface area contributed by atoms with Crippen molar-refractivity contribution in [1.82, 2.24) is 14.7 Å². The normalized spacial score (nSPS) is 17.9. The van der Waals surface area contributed by atoms with Crippen LogP contribution in [0.1, 0.15) is 32.1 Å². The molecule has 102 valence electrons. The Morgan fingerprint density at radius 1 is 1.21 bits per heavy atom. The lowest BCUT2D eigenvalue weighted by molar-refractivity contribution is 0.412. The molecule has 0 unspecified atom stereocenters. The van der Waals surface area contributed by atoms with Crippen molar-refractivity contribution in [1.29, 1.82) is 0 Å². The first kappa shape index (κ1) is 12.6. The third-order valence-corrected chi connectivity index (χ3v) is 5.15. The second kappa shape index (κ2) is 4.94. The minimum atomic E-state index is -3.43. The van der Waals surface area contributed by atoms with Crippen molar-refractivity contribution in [3.8, 4) is 0 Å². The van der Waals surface area contributed by atoms with Crippen LogP contribution in [0.2, 0.25) is 0 Å². The van der Waals surface area contributed by atoms with E-state index in [4.69, 9.17) is 0 Å². The zero-order valence-electron chi connectivity index (χ0n) is 10.6. The van der Waals surface area contributed by atoms with Crippen molar-refractivity contribution < 1.29 is 8.42 Å². The smallest absolute Gasteiger partial charge is 0.240 e. The first-order valence-corrected chi connectivity index (χ1v) is 8.09. The van der Waals surface area contributed by atoms with E-state index in [0.717, 1.165) is 36.7 Å². The molecule has 3 rings (SSSR count). The quantitative estimate of drug-likeness (QED) is 0.904. The topological polar surface area (TPSA) is 74.8 Å². The van der Waals surface area contributed by atoms with E-state index in [1.807, 2.05) is 0 Å². The summed E-state index contributed by atoms with van der Waals surface area (Å²) in [5, 5.41) is 0. The molecule has 1 aromatic carbocycles. The standard InChI is InChI=1S/C13H17N3O2S/c17-19(18,16-10-4-2-1-3-5-10)11-6-7-12-13(8-11)15-9-14-12/h6-10,16H,1-5H2,(H,14,15). The van der Waals surface area contributed by atoms with Crippen molar-refractivity contribution in [2.24, 2.45) is 0 Å². The molecule has 2 aromatic rings. The highest BCUT2D eigenvalue weighted by molar-refractivity contribution is 7.89. The maximum Gasteiger partial charge on any atom is 0.240 e. The van der Waals surface area contributed by atoms with Crippen LogP contribution in [0.15, 0.2) is 29.4 Å². The van der Waals surface area contributed by atoms with Gasteiger partial charge in [-0.15, -0.1) is 0 Å². The molecular weight excluding hydrogens is 262 g/mol. The molecule has 0 bridgehead atoms. The van der Waals surface area contributed by atoms with Crippen molar-refractivity contribution in [3.05, 3.63) is 24.5 Å². The van der Waals surface area contributed by atoms with E-state index in [0.29, 0.717) is 4.90 Å². The fraction of sp³-hybridized carbons (Fsp3) is 0.462. The lowest BCUT2D eigenvalue weighted by Crippen LogP contribution is -2.36. The number of aromatic nitrogens is 2. The third-order valence-electron chi connectivity index (χ3n) is 3.63. The third kappa shape index (κ3) is 2.64. The van der Waals surface area contributed by atoms with Crippen LogP contribution in [0.4, 0.5) is 0 Å². The molecule has 0 atom stereocenters. The summed E-state index contributed by atoms with van der Waals surface area (Å²) in [6.45, 7) is 0. The van der Waals surface area contributed by atoms with E-state index in [2.05, 4.69) is 14.7 Å². The Morgan fingerprint density at radius 2 is 2.00 bits per heavy atom. The molecule has 0 radical (unpaired) electrons. The first-order valence-electron chi connectivity index (χ1n) is 6.61. The number of hydrogen-bond acceptors (Lipinski definition) is 3. The van der Waals surface area contributed by atoms with Crippen molar-refractivity contribution in [2.45, 2.75) is 43.0 Å². The maximum absolute atomic E-state index is 12.3. The zero-order chi connectivity index (χ0) is 13.3. The predicted molar refractivity (Wildman–Crippen MR) is 73.3 cm³/mol. The van der Waals surface area contributed by atoms with Crippen LogP contribution in [0.5, 0.6) is 0 Å². The van der Waals surface area contributed by atoms with Crippen molar-refractivity contribution in [3.63, 3.8) is 0 Å². The first-order chi connectivity index (χ1) is 9.15. The summed E-state index contributed by atoms with van der Waals surface area (Å²) < 4.78 is 27.4. The average molecular weight is 279 g/mol. The Bertz CT molecular complexity index is 672. The summed E-state index contributed by atoms with van der Waals surface area (Å²) in [7, 11) is -3.43. The highest BCUT2D eigenvalue weighted by atomic mass is 32.2. The molecule has 1 saturated carbocycles. The van der Waals surface area contributed by atoms with Crippen molar-refractivity contribution in [2.75, 3.05) is 0 Å². The lowest BCUT2D eigenvalue weighted by Gasteiger charge is -2.22. The molecule has 19 heavy (non-hydrogen) atoms. The molecule has 1 heterocycles. The van der Waals surface area contributed by atoms with Crippen LogP contribution >= 0.6 is 0 Å². The van der Waals surface area contributed by atoms with Gasteiger partial charge in [0.1, 0.15) is 0 Å². The Morgan fingerprint density at radius 3 is 2.79 bits per heavy atom. The van der Waals surface area contributed by atoms with Crippen molar-refractivity contribution >= 4 is 21.1 Å². The average Bonchev–Trinajstić information content (AvgIpc) is 2.86. The molecule has 2 N–H and O–H groups in total. The molecule has 0 saturated heterocycles. The van der Waals surface area contributed by atoms with Gasteiger partial charge >= 0.3 is 0 Å². The Kier molecular flexibility index (Phi) is 3.28. The van der Waals surface area contributed by atoms with Gasteiger partial charge in [0.25, 0.3) is 0 Å². The SMILES string of the molecule is O=S(=O)(NC1CCCCC1)c1ccc2nc[nH]c2c1. The Labute approximate surface area is 112 Å². The number of imidazole rings is 1. The van der Waals surface area contributed by atoms with E-state index in [1.54, 1.807) is 24.5 Å². The van der Waals surface area contributed by atoms with E-state index < -0.39 is 10.0 Å².